The van der Waals surface area contributed by atoms with Crippen LogP contribution in [0.25, 0.3) is 5.65 Å². The third kappa shape index (κ3) is 3.91. The average molecular weight is 357 g/mol. The summed E-state index contributed by atoms with van der Waals surface area (Å²) in [6.07, 6.45) is 4.66. The van der Waals surface area contributed by atoms with Gasteiger partial charge < -0.3 is 14.4 Å². The lowest BCUT2D eigenvalue weighted by atomic mass is 10.1. The van der Waals surface area contributed by atoms with Gasteiger partial charge >= 0.3 is 0 Å². The van der Waals surface area contributed by atoms with Crippen molar-refractivity contribution in [3.63, 3.8) is 0 Å². The zero-order valence-corrected chi connectivity index (χ0v) is 15.4. The Morgan fingerprint density at radius 3 is 2.88 bits per heavy atom. The third-order valence-electron chi connectivity index (χ3n) is 4.39. The Balaban J connectivity index is 1.82. The molecule has 1 amide bonds. The van der Waals surface area contributed by atoms with Crippen LogP contribution in [-0.2, 0) is 17.8 Å². The van der Waals surface area contributed by atoms with Gasteiger partial charge in [0.1, 0.15) is 5.65 Å². The van der Waals surface area contributed by atoms with E-state index in [1.807, 2.05) is 35.7 Å². The fourth-order valence-electron chi connectivity index (χ4n) is 2.98. The number of fused-ring (bicyclic) bond motifs is 1. The third-order valence-corrected chi connectivity index (χ3v) is 5.38. The molecule has 1 N–H and O–H groups in total. The fourth-order valence-corrected chi connectivity index (χ4v) is 3.87. The molecule has 3 heterocycles. The van der Waals surface area contributed by atoms with Crippen molar-refractivity contribution >= 4 is 22.9 Å². The van der Waals surface area contributed by atoms with Crippen molar-refractivity contribution in [3.8, 4) is 0 Å². The van der Waals surface area contributed by atoms with Crippen LogP contribution in [0, 0.1) is 6.92 Å². The van der Waals surface area contributed by atoms with Crippen molar-refractivity contribution in [2.24, 2.45) is 0 Å². The molecule has 0 spiro atoms. The molecule has 0 bridgehead atoms. The number of hydrogen-bond donors (Lipinski definition) is 1. The molecule has 5 nitrogen and oxygen atoms in total. The number of pyridine rings is 1. The van der Waals surface area contributed by atoms with Gasteiger partial charge in [0.15, 0.2) is 0 Å². The molecule has 3 aromatic rings. The molecule has 1 atom stereocenters. The van der Waals surface area contributed by atoms with Crippen molar-refractivity contribution in [1.29, 1.82) is 0 Å². The SMILES string of the molecule is CC[C@@H](CO)N(Cc1ccc(C)s1)C(=O)Cc1cnc2ccccn12. The summed E-state index contributed by atoms with van der Waals surface area (Å²) in [6.45, 7) is 4.56. The number of hydrogen-bond acceptors (Lipinski definition) is 4. The molecule has 0 fully saturated rings. The van der Waals surface area contributed by atoms with E-state index in [-0.39, 0.29) is 25.0 Å². The topological polar surface area (TPSA) is 57.8 Å². The van der Waals surface area contributed by atoms with E-state index < -0.39 is 0 Å². The summed E-state index contributed by atoms with van der Waals surface area (Å²) in [5, 5.41) is 9.72. The van der Waals surface area contributed by atoms with Crippen LogP contribution in [0.2, 0.25) is 0 Å². The van der Waals surface area contributed by atoms with Crippen molar-refractivity contribution < 1.29 is 9.90 Å². The van der Waals surface area contributed by atoms with Crippen LogP contribution in [0.3, 0.4) is 0 Å². The molecule has 0 saturated heterocycles. The first-order valence-corrected chi connectivity index (χ1v) is 9.30. The van der Waals surface area contributed by atoms with Crippen LogP contribution in [0.1, 0.15) is 28.8 Å². The van der Waals surface area contributed by atoms with Gasteiger partial charge in [0, 0.05) is 22.1 Å². The lowest BCUT2D eigenvalue weighted by Gasteiger charge is -2.29. The molecular weight excluding hydrogens is 334 g/mol. The molecule has 0 aliphatic carbocycles. The maximum atomic E-state index is 13.0. The molecule has 0 unspecified atom stereocenters. The summed E-state index contributed by atoms with van der Waals surface area (Å²) in [5.41, 5.74) is 1.70. The molecule has 0 aromatic carbocycles. The van der Waals surface area contributed by atoms with E-state index >= 15 is 0 Å². The molecule has 0 aliphatic heterocycles. The van der Waals surface area contributed by atoms with Gasteiger partial charge in [-0.3, -0.25) is 4.79 Å². The van der Waals surface area contributed by atoms with Gasteiger partial charge in [-0.25, -0.2) is 4.98 Å². The second kappa shape index (κ2) is 7.80. The van der Waals surface area contributed by atoms with Gasteiger partial charge in [0.25, 0.3) is 0 Å². The van der Waals surface area contributed by atoms with Crippen molar-refractivity contribution in [3.05, 3.63) is 58.2 Å². The second-order valence-electron chi connectivity index (χ2n) is 6.13. The molecule has 132 valence electrons. The number of amides is 1. The number of aliphatic hydroxyl groups excluding tert-OH is 1. The van der Waals surface area contributed by atoms with Gasteiger partial charge in [-0.1, -0.05) is 13.0 Å². The molecule has 3 rings (SSSR count). The van der Waals surface area contributed by atoms with Crippen molar-refractivity contribution in [2.45, 2.75) is 39.3 Å². The number of imidazole rings is 1. The Bertz CT molecular complexity index is 851. The lowest BCUT2D eigenvalue weighted by Crippen LogP contribution is -2.42. The molecule has 6 heteroatoms. The predicted octanol–water partition coefficient (Wildman–Crippen LogP) is 3.05. The van der Waals surface area contributed by atoms with E-state index in [1.165, 1.54) is 4.88 Å². The highest BCUT2D eigenvalue weighted by Gasteiger charge is 2.23. The number of aliphatic hydroxyl groups is 1. The summed E-state index contributed by atoms with van der Waals surface area (Å²) in [6, 6.07) is 9.72. The first-order valence-electron chi connectivity index (χ1n) is 8.49. The molecule has 3 aromatic heterocycles. The maximum absolute atomic E-state index is 13.0. The average Bonchev–Trinajstić information content (AvgIpc) is 3.21. The molecule has 0 aliphatic rings. The number of carbonyl (C=O) groups excluding carboxylic acids is 1. The Morgan fingerprint density at radius 1 is 1.36 bits per heavy atom. The smallest absolute Gasteiger partial charge is 0.229 e. The second-order valence-corrected chi connectivity index (χ2v) is 7.51. The summed E-state index contributed by atoms with van der Waals surface area (Å²) >= 11 is 1.69. The van der Waals surface area contributed by atoms with E-state index in [4.69, 9.17) is 0 Å². The van der Waals surface area contributed by atoms with Gasteiger partial charge in [0.05, 0.1) is 31.3 Å². The maximum Gasteiger partial charge on any atom is 0.229 e. The lowest BCUT2D eigenvalue weighted by molar-refractivity contribution is -0.134. The van der Waals surface area contributed by atoms with Crippen LogP contribution >= 0.6 is 11.3 Å². The Hall–Kier alpha value is -2.18. The number of aromatic nitrogens is 2. The highest BCUT2D eigenvalue weighted by Crippen LogP contribution is 2.20. The van der Waals surface area contributed by atoms with E-state index in [0.717, 1.165) is 22.6 Å². The minimum absolute atomic E-state index is 0.0117. The molecule has 0 saturated carbocycles. The summed E-state index contributed by atoms with van der Waals surface area (Å²) in [5.74, 6) is 0.0117. The summed E-state index contributed by atoms with van der Waals surface area (Å²) in [4.78, 5) is 21.5. The highest BCUT2D eigenvalue weighted by atomic mass is 32.1. The standard InChI is InChI=1S/C19H23N3O2S/c1-3-15(13-23)22(12-17-8-7-14(2)25-17)19(24)10-16-11-20-18-6-4-5-9-21(16)18/h4-9,11,15,23H,3,10,12-13H2,1-2H3/t15-/m0/s1. The van der Waals surface area contributed by atoms with Crippen LogP contribution in [0.15, 0.2) is 42.7 Å². The van der Waals surface area contributed by atoms with Crippen molar-refractivity contribution in [2.75, 3.05) is 6.61 Å². The summed E-state index contributed by atoms with van der Waals surface area (Å²) in [7, 11) is 0. The van der Waals surface area contributed by atoms with Gasteiger partial charge in [-0.05, 0) is 37.6 Å². The van der Waals surface area contributed by atoms with E-state index in [1.54, 1.807) is 22.4 Å². The van der Waals surface area contributed by atoms with Gasteiger partial charge in [-0.2, -0.15) is 0 Å². The van der Waals surface area contributed by atoms with Crippen molar-refractivity contribution in [1.82, 2.24) is 14.3 Å². The Morgan fingerprint density at radius 2 is 2.20 bits per heavy atom. The zero-order valence-electron chi connectivity index (χ0n) is 14.6. The normalized spacial score (nSPS) is 12.4. The van der Waals surface area contributed by atoms with E-state index in [0.29, 0.717) is 6.54 Å². The van der Waals surface area contributed by atoms with Gasteiger partial charge in [-0.15, -0.1) is 11.3 Å². The number of thiophene rings is 1. The Kier molecular flexibility index (Phi) is 5.50. The van der Waals surface area contributed by atoms with Crippen LogP contribution < -0.4 is 0 Å². The number of rotatable bonds is 7. The van der Waals surface area contributed by atoms with E-state index in [9.17, 15) is 9.90 Å². The quantitative estimate of drug-likeness (QED) is 0.707. The van der Waals surface area contributed by atoms with E-state index in [2.05, 4.69) is 24.0 Å². The first-order chi connectivity index (χ1) is 12.1. The molecule has 0 radical (unpaired) electrons. The van der Waals surface area contributed by atoms with Crippen LogP contribution in [-0.4, -0.2) is 37.9 Å². The van der Waals surface area contributed by atoms with Crippen LogP contribution in [0.5, 0.6) is 0 Å². The molecular formula is C19H23N3O2S. The number of aryl methyl sites for hydroxylation is 1. The van der Waals surface area contributed by atoms with Crippen LogP contribution in [0.4, 0.5) is 0 Å². The Labute approximate surface area is 151 Å². The minimum atomic E-state index is -0.172. The first kappa shape index (κ1) is 17.6. The molecule has 25 heavy (non-hydrogen) atoms. The minimum Gasteiger partial charge on any atom is -0.394 e. The number of nitrogens with zero attached hydrogens (tertiary/aromatic N) is 3. The fraction of sp³-hybridized carbons (Fsp3) is 0.368. The monoisotopic (exact) mass is 357 g/mol. The summed E-state index contributed by atoms with van der Waals surface area (Å²) < 4.78 is 1.94. The highest BCUT2D eigenvalue weighted by molar-refractivity contribution is 7.11. The number of carbonyl (C=O) groups is 1. The zero-order chi connectivity index (χ0) is 17.8. The predicted molar refractivity (Wildman–Crippen MR) is 99.7 cm³/mol. The largest absolute Gasteiger partial charge is 0.394 e. The van der Waals surface area contributed by atoms with Gasteiger partial charge in [0.2, 0.25) is 5.91 Å².